The molecule has 0 bridgehead atoms. The van der Waals surface area contributed by atoms with Gasteiger partial charge in [0.15, 0.2) is 5.82 Å². The number of benzene rings is 2. The van der Waals surface area contributed by atoms with E-state index in [0.717, 1.165) is 50.0 Å². The number of aryl methyl sites for hydroxylation is 1. The summed E-state index contributed by atoms with van der Waals surface area (Å²) in [6.07, 6.45) is 13.4. The first-order valence-electron chi connectivity index (χ1n) is 14.9. The van der Waals surface area contributed by atoms with Gasteiger partial charge in [-0.2, -0.15) is 4.98 Å². The smallest absolute Gasteiger partial charge is 0.347 e. The standard InChI is InChI=1S/C34H36ClFN6O/c1-3-25(37)8-6-7-22-17-28(32(36)29(35)18-22)30-19-24-20-41(34(43)40-33(24)39-30)26-13-11-23(12-14-26)31-10-5-4-9-27-15-16-38-21(2)42(27)31/h3-4,9,11-14,17-20,25,27,31H,1,5-8,10,15-16,37H2,2H3,(H,39,40,43)/t25?,27?,31-/m1/s1. The van der Waals surface area contributed by atoms with Crippen molar-refractivity contribution in [3.05, 3.63) is 106 Å². The van der Waals surface area contributed by atoms with E-state index >= 15 is 4.39 Å². The maximum atomic E-state index is 15.2. The van der Waals surface area contributed by atoms with Gasteiger partial charge in [0.2, 0.25) is 0 Å². The number of aromatic nitrogens is 3. The van der Waals surface area contributed by atoms with Crippen LogP contribution in [0.5, 0.6) is 0 Å². The fraction of sp³-hybridized carbons (Fsp3) is 0.324. The van der Waals surface area contributed by atoms with Crippen LogP contribution in [-0.2, 0) is 6.42 Å². The maximum absolute atomic E-state index is 15.2. The largest absolute Gasteiger partial charge is 0.354 e. The lowest BCUT2D eigenvalue weighted by Crippen LogP contribution is -2.43. The van der Waals surface area contributed by atoms with Crippen molar-refractivity contribution >= 4 is 28.5 Å². The van der Waals surface area contributed by atoms with Gasteiger partial charge in [-0.05, 0) is 86.9 Å². The third-order valence-electron chi connectivity index (χ3n) is 8.55. The highest BCUT2D eigenvalue weighted by atomic mass is 35.5. The number of hydrogen-bond acceptors (Lipinski definition) is 5. The van der Waals surface area contributed by atoms with Crippen molar-refractivity contribution in [3.8, 4) is 16.9 Å². The molecule has 0 amide bonds. The highest BCUT2D eigenvalue weighted by Crippen LogP contribution is 2.35. The van der Waals surface area contributed by atoms with E-state index in [1.165, 1.54) is 10.1 Å². The molecule has 3 N–H and O–H groups in total. The quantitative estimate of drug-likeness (QED) is 0.216. The van der Waals surface area contributed by atoms with Gasteiger partial charge in [0, 0.05) is 29.7 Å². The lowest BCUT2D eigenvalue weighted by atomic mass is 9.98. The molecule has 4 aromatic rings. The first-order chi connectivity index (χ1) is 20.8. The third kappa shape index (κ3) is 5.94. The van der Waals surface area contributed by atoms with E-state index in [4.69, 9.17) is 22.3 Å². The second kappa shape index (κ2) is 12.3. The molecule has 3 atom stereocenters. The number of aliphatic imine (C=N–C) groups is 1. The van der Waals surface area contributed by atoms with Crippen LogP contribution in [0.25, 0.3) is 28.0 Å². The zero-order valence-electron chi connectivity index (χ0n) is 24.3. The molecule has 0 radical (unpaired) electrons. The van der Waals surface area contributed by atoms with E-state index in [-0.39, 0.29) is 17.1 Å². The van der Waals surface area contributed by atoms with E-state index < -0.39 is 11.5 Å². The first-order valence-corrected chi connectivity index (χ1v) is 15.3. The number of allylic oxidation sites excluding steroid dienone is 1. The number of halogens is 2. The van der Waals surface area contributed by atoms with Gasteiger partial charge in [-0.3, -0.25) is 9.56 Å². The Morgan fingerprint density at radius 3 is 2.84 bits per heavy atom. The Hall–Kier alpha value is -4.01. The molecule has 6 rings (SSSR count). The molecule has 2 unspecified atom stereocenters. The number of amidine groups is 1. The monoisotopic (exact) mass is 598 g/mol. The Morgan fingerprint density at radius 1 is 1.23 bits per heavy atom. The summed E-state index contributed by atoms with van der Waals surface area (Å²) >= 11 is 6.28. The number of nitrogens with two attached hydrogens (primary N) is 1. The minimum Gasteiger partial charge on any atom is -0.347 e. The molecule has 2 aromatic carbocycles. The molecule has 2 aliphatic rings. The number of H-pyrrole nitrogens is 1. The van der Waals surface area contributed by atoms with Crippen LogP contribution in [0.2, 0.25) is 5.02 Å². The number of fused-ring (bicyclic) bond motifs is 2. The molecule has 7 nitrogen and oxygen atoms in total. The summed E-state index contributed by atoms with van der Waals surface area (Å²) in [7, 11) is 0. The van der Waals surface area contributed by atoms with Crippen molar-refractivity contribution in [2.45, 2.75) is 63.6 Å². The minimum absolute atomic E-state index is 0.0496. The minimum atomic E-state index is -0.518. The van der Waals surface area contributed by atoms with Gasteiger partial charge >= 0.3 is 5.69 Å². The summed E-state index contributed by atoms with van der Waals surface area (Å²) in [4.78, 5) is 27.6. The van der Waals surface area contributed by atoms with Gasteiger partial charge in [0.1, 0.15) is 5.65 Å². The number of nitrogens with one attached hydrogen (secondary N) is 1. The van der Waals surface area contributed by atoms with Crippen LogP contribution in [0.1, 0.15) is 56.2 Å². The van der Waals surface area contributed by atoms with Crippen LogP contribution < -0.4 is 11.4 Å². The molecule has 0 fully saturated rings. The van der Waals surface area contributed by atoms with E-state index in [1.54, 1.807) is 30.5 Å². The van der Waals surface area contributed by atoms with Crippen LogP contribution in [0, 0.1) is 5.82 Å². The average molecular weight is 599 g/mol. The fourth-order valence-electron chi connectivity index (χ4n) is 6.27. The van der Waals surface area contributed by atoms with Crippen molar-refractivity contribution in [2.75, 3.05) is 6.54 Å². The van der Waals surface area contributed by atoms with Crippen molar-refractivity contribution in [2.24, 2.45) is 10.7 Å². The van der Waals surface area contributed by atoms with E-state index in [9.17, 15) is 4.79 Å². The molecule has 222 valence electrons. The normalized spacial score (nSPS) is 19.2. The molecule has 2 aromatic heterocycles. The van der Waals surface area contributed by atoms with E-state index in [0.29, 0.717) is 40.4 Å². The summed E-state index contributed by atoms with van der Waals surface area (Å²) in [5.41, 5.74) is 9.58. The highest BCUT2D eigenvalue weighted by molar-refractivity contribution is 6.31. The van der Waals surface area contributed by atoms with Gasteiger partial charge < -0.3 is 15.6 Å². The topological polar surface area (TPSA) is 92.3 Å². The Balaban J connectivity index is 1.28. The second-order valence-electron chi connectivity index (χ2n) is 11.4. The van der Waals surface area contributed by atoms with Crippen LogP contribution in [0.3, 0.4) is 0 Å². The van der Waals surface area contributed by atoms with Crippen molar-refractivity contribution in [1.82, 2.24) is 19.4 Å². The molecule has 0 saturated heterocycles. The van der Waals surface area contributed by atoms with E-state index in [1.807, 2.05) is 12.1 Å². The molecule has 2 aliphatic heterocycles. The molecule has 43 heavy (non-hydrogen) atoms. The van der Waals surface area contributed by atoms with Crippen molar-refractivity contribution < 1.29 is 4.39 Å². The Morgan fingerprint density at radius 2 is 2.05 bits per heavy atom. The highest BCUT2D eigenvalue weighted by Gasteiger charge is 2.30. The van der Waals surface area contributed by atoms with E-state index in [2.05, 4.69) is 52.7 Å². The maximum Gasteiger partial charge on any atom is 0.354 e. The Kier molecular flexibility index (Phi) is 8.32. The Bertz CT molecular complexity index is 1770. The van der Waals surface area contributed by atoms with Gasteiger partial charge in [-0.15, -0.1) is 6.58 Å². The zero-order chi connectivity index (χ0) is 30.1. The SMILES string of the molecule is C=CC(N)CCCc1cc(Cl)c(F)c(-c2cc3cn(-c4ccc([C@H]5CCC=CC6CCN=C(C)N65)cc4)c(=O)nc3[nH]2)c1. The Labute approximate surface area is 255 Å². The number of hydrogen-bond donors (Lipinski definition) is 2. The first kappa shape index (κ1) is 29.1. The summed E-state index contributed by atoms with van der Waals surface area (Å²) in [5, 5.41) is 0.739. The predicted octanol–water partition coefficient (Wildman–Crippen LogP) is 6.89. The van der Waals surface area contributed by atoms with Crippen LogP contribution in [0.15, 0.2) is 83.3 Å². The summed E-state index contributed by atoms with van der Waals surface area (Å²) in [5.74, 6) is 0.557. The van der Waals surface area contributed by atoms with Crippen LogP contribution in [-0.4, -0.2) is 43.9 Å². The molecule has 0 aliphatic carbocycles. The average Bonchev–Trinajstić information content (AvgIpc) is 3.28. The summed E-state index contributed by atoms with van der Waals surface area (Å²) in [6, 6.07) is 13.9. The van der Waals surface area contributed by atoms with Crippen molar-refractivity contribution in [3.63, 3.8) is 0 Å². The number of aromatic amines is 1. The third-order valence-corrected chi connectivity index (χ3v) is 8.82. The molecular formula is C34H36ClFN6O. The van der Waals surface area contributed by atoms with Gasteiger partial charge in [0.05, 0.1) is 34.3 Å². The summed E-state index contributed by atoms with van der Waals surface area (Å²) < 4.78 is 16.7. The lowest BCUT2D eigenvalue weighted by molar-refractivity contribution is 0.245. The van der Waals surface area contributed by atoms with Gasteiger partial charge in [-0.25, -0.2) is 9.18 Å². The number of rotatable bonds is 8. The summed E-state index contributed by atoms with van der Waals surface area (Å²) in [6.45, 7) is 6.67. The molecule has 0 spiro atoms. The van der Waals surface area contributed by atoms with Crippen molar-refractivity contribution in [1.29, 1.82) is 0 Å². The molecule has 9 heteroatoms. The lowest BCUT2D eigenvalue weighted by Gasteiger charge is -2.40. The molecule has 4 heterocycles. The van der Waals surface area contributed by atoms with Crippen LogP contribution >= 0.6 is 11.6 Å². The predicted molar refractivity (Wildman–Crippen MR) is 173 cm³/mol. The molecular weight excluding hydrogens is 563 g/mol. The zero-order valence-corrected chi connectivity index (χ0v) is 25.0. The van der Waals surface area contributed by atoms with Crippen LogP contribution in [0.4, 0.5) is 4.39 Å². The molecule has 0 saturated carbocycles. The van der Waals surface area contributed by atoms with Gasteiger partial charge in [0.25, 0.3) is 0 Å². The second-order valence-corrected chi connectivity index (χ2v) is 11.8. The fourth-order valence-corrected chi connectivity index (χ4v) is 6.51. The number of nitrogens with zero attached hydrogens (tertiary/aromatic N) is 4. The van der Waals surface area contributed by atoms with Gasteiger partial charge in [-0.1, -0.05) is 42.0 Å².